The highest BCUT2D eigenvalue weighted by atomic mass is 32.2. The van der Waals surface area contributed by atoms with Crippen LogP contribution in [0.2, 0.25) is 0 Å². The van der Waals surface area contributed by atoms with Crippen molar-refractivity contribution in [2.75, 3.05) is 17.6 Å². The standard InChI is InChI=1S/C15H16N2O4S/c1-15(14(20)21)5-2-6-17(15)13(19)9-3-4-11-10(7-9)16-12(18)8-22-11/h3-4,7H,2,5-6,8H2,1H3,(H,16,18)(H,20,21). The first-order chi connectivity index (χ1) is 10.4. The Bertz CT molecular complexity index is 676. The topological polar surface area (TPSA) is 86.7 Å². The highest BCUT2D eigenvalue weighted by Crippen LogP contribution is 2.34. The number of carbonyl (C=O) groups is 3. The summed E-state index contributed by atoms with van der Waals surface area (Å²) >= 11 is 1.42. The summed E-state index contributed by atoms with van der Waals surface area (Å²) < 4.78 is 0. The molecule has 1 aromatic carbocycles. The lowest BCUT2D eigenvalue weighted by atomic mass is 9.98. The first kappa shape index (κ1) is 14.9. The molecule has 0 aliphatic carbocycles. The molecule has 1 atom stereocenters. The molecule has 2 heterocycles. The molecule has 0 radical (unpaired) electrons. The quantitative estimate of drug-likeness (QED) is 0.868. The number of carbonyl (C=O) groups excluding carboxylic acids is 2. The van der Waals surface area contributed by atoms with Gasteiger partial charge in [0.1, 0.15) is 5.54 Å². The van der Waals surface area contributed by atoms with Gasteiger partial charge in [-0.25, -0.2) is 4.79 Å². The van der Waals surface area contributed by atoms with E-state index in [1.54, 1.807) is 25.1 Å². The maximum Gasteiger partial charge on any atom is 0.329 e. The number of rotatable bonds is 2. The maximum atomic E-state index is 12.7. The van der Waals surface area contributed by atoms with Crippen molar-refractivity contribution in [3.63, 3.8) is 0 Å². The lowest BCUT2D eigenvalue weighted by Gasteiger charge is -2.31. The van der Waals surface area contributed by atoms with Crippen LogP contribution < -0.4 is 5.32 Å². The van der Waals surface area contributed by atoms with Crippen LogP contribution in [0.5, 0.6) is 0 Å². The van der Waals surface area contributed by atoms with Gasteiger partial charge >= 0.3 is 5.97 Å². The average Bonchev–Trinajstić information content (AvgIpc) is 2.89. The number of thioether (sulfide) groups is 1. The van der Waals surface area contributed by atoms with E-state index in [2.05, 4.69) is 5.32 Å². The molecule has 2 amide bonds. The molecule has 0 spiro atoms. The summed E-state index contributed by atoms with van der Waals surface area (Å²) in [5, 5.41) is 12.2. The normalized spacial score (nSPS) is 23.9. The second kappa shape index (κ2) is 5.31. The third kappa shape index (κ3) is 2.35. The lowest BCUT2D eigenvalue weighted by Crippen LogP contribution is -2.50. The van der Waals surface area contributed by atoms with Crippen LogP contribution in [0.3, 0.4) is 0 Å². The van der Waals surface area contributed by atoms with E-state index >= 15 is 0 Å². The molecule has 2 aliphatic heterocycles. The van der Waals surface area contributed by atoms with E-state index in [0.29, 0.717) is 36.4 Å². The van der Waals surface area contributed by atoms with Gasteiger partial charge in [-0.15, -0.1) is 11.8 Å². The van der Waals surface area contributed by atoms with Gasteiger partial charge in [-0.1, -0.05) is 0 Å². The number of carboxylic acid groups (broad SMARTS) is 1. The molecule has 2 aliphatic rings. The SMILES string of the molecule is CC1(C(=O)O)CCCN1C(=O)c1ccc2c(c1)NC(=O)CS2. The van der Waals surface area contributed by atoms with E-state index in [4.69, 9.17) is 0 Å². The predicted molar refractivity (Wildman–Crippen MR) is 82.1 cm³/mol. The Kier molecular flexibility index (Phi) is 3.60. The smallest absolute Gasteiger partial charge is 0.329 e. The molecular formula is C15H16N2O4S. The molecule has 116 valence electrons. The van der Waals surface area contributed by atoms with Crippen molar-refractivity contribution in [2.45, 2.75) is 30.2 Å². The number of nitrogens with one attached hydrogen (secondary N) is 1. The van der Waals surface area contributed by atoms with Crippen molar-refractivity contribution in [2.24, 2.45) is 0 Å². The van der Waals surface area contributed by atoms with Crippen molar-refractivity contribution in [3.8, 4) is 0 Å². The molecule has 0 saturated carbocycles. The van der Waals surface area contributed by atoms with Gasteiger partial charge in [-0.05, 0) is 38.0 Å². The van der Waals surface area contributed by atoms with Gasteiger partial charge in [0.25, 0.3) is 5.91 Å². The summed E-state index contributed by atoms with van der Waals surface area (Å²) in [6.45, 7) is 2.01. The summed E-state index contributed by atoms with van der Waals surface area (Å²) in [5.74, 6) is -1.03. The van der Waals surface area contributed by atoms with Gasteiger partial charge in [0.15, 0.2) is 0 Å². The number of hydrogen-bond donors (Lipinski definition) is 2. The van der Waals surface area contributed by atoms with Crippen molar-refractivity contribution >= 4 is 35.2 Å². The molecule has 6 nitrogen and oxygen atoms in total. The van der Waals surface area contributed by atoms with Crippen LogP contribution >= 0.6 is 11.8 Å². The highest BCUT2D eigenvalue weighted by Gasteiger charge is 2.46. The first-order valence-corrected chi connectivity index (χ1v) is 8.02. The van der Waals surface area contributed by atoms with Gasteiger partial charge in [0, 0.05) is 17.0 Å². The molecule has 1 fully saturated rings. The van der Waals surface area contributed by atoms with Crippen LogP contribution in [0, 0.1) is 0 Å². The number of hydrogen-bond acceptors (Lipinski definition) is 4. The molecule has 1 aromatic rings. The fraction of sp³-hybridized carbons (Fsp3) is 0.400. The zero-order valence-electron chi connectivity index (χ0n) is 12.1. The molecule has 1 saturated heterocycles. The van der Waals surface area contributed by atoms with Crippen LogP contribution in [-0.4, -0.2) is 45.6 Å². The number of nitrogens with zero attached hydrogens (tertiary/aromatic N) is 1. The number of benzene rings is 1. The van der Waals surface area contributed by atoms with E-state index in [-0.39, 0.29) is 11.8 Å². The Morgan fingerprint density at radius 3 is 2.91 bits per heavy atom. The van der Waals surface area contributed by atoms with E-state index in [1.165, 1.54) is 16.7 Å². The molecule has 2 N–H and O–H groups in total. The van der Waals surface area contributed by atoms with Crippen molar-refractivity contribution < 1.29 is 19.5 Å². The second-order valence-corrected chi connectivity index (χ2v) is 6.70. The molecule has 0 bridgehead atoms. The van der Waals surface area contributed by atoms with Gasteiger partial charge in [0.2, 0.25) is 5.91 Å². The largest absolute Gasteiger partial charge is 0.480 e. The summed E-state index contributed by atoms with van der Waals surface area (Å²) in [7, 11) is 0. The number of likely N-dealkylation sites (tertiary alicyclic amines) is 1. The lowest BCUT2D eigenvalue weighted by molar-refractivity contribution is -0.147. The third-order valence-electron chi connectivity index (χ3n) is 4.21. The summed E-state index contributed by atoms with van der Waals surface area (Å²) in [6.07, 6.45) is 1.12. The van der Waals surface area contributed by atoms with Gasteiger partial charge in [-0.2, -0.15) is 0 Å². The highest BCUT2D eigenvalue weighted by molar-refractivity contribution is 8.00. The average molecular weight is 320 g/mol. The summed E-state index contributed by atoms with van der Waals surface area (Å²) in [6, 6.07) is 5.11. The molecule has 7 heteroatoms. The minimum absolute atomic E-state index is 0.0985. The van der Waals surface area contributed by atoms with Crippen LogP contribution in [0.25, 0.3) is 0 Å². The Hall–Kier alpha value is -2.02. The minimum atomic E-state index is -1.16. The molecular weight excluding hydrogens is 304 g/mol. The van der Waals surface area contributed by atoms with Crippen molar-refractivity contribution in [3.05, 3.63) is 23.8 Å². The summed E-state index contributed by atoms with van der Waals surface area (Å²) in [4.78, 5) is 37.9. The van der Waals surface area contributed by atoms with E-state index in [0.717, 1.165) is 4.90 Å². The minimum Gasteiger partial charge on any atom is -0.480 e. The zero-order chi connectivity index (χ0) is 15.9. The Balaban J connectivity index is 1.91. The maximum absolute atomic E-state index is 12.7. The van der Waals surface area contributed by atoms with Crippen LogP contribution in [0.1, 0.15) is 30.1 Å². The van der Waals surface area contributed by atoms with E-state index in [1.807, 2.05) is 0 Å². The number of aliphatic carboxylic acids is 1. The molecule has 1 unspecified atom stereocenters. The number of carboxylic acids is 1. The molecule has 3 rings (SSSR count). The Labute approximate surface area is 131 Å². The van der Waals surface area contributed by atoms with E-state index < -0.39 is 11.5 Å². The number of anilines is 1. The molecule has 0 aromatic heterocycles. The van der Waals surface area contributed by atoms with Crippen LogP contribution in [0.15, 0.2) is 23.1 Å². The molecule has 22 heavy (non-hydrogen) atoms. The van der Waals surface area contributed by atoms with Gasteiger partial charge in [-0.3, -0.25) is 9.59 Å². The Morgan fingerprint density at radius 2 is 2.18 bits per heavy atom. The second-order valence-electron chi connectivity index (χ2n) is 5.69. The number of fused-ring (bicyclic) bond motifs is 1. The third-order valence-corrected chi connectivity index (χ3v) is 5.28. The summed E-state index contributed by atoms with van der Waals surface area (Å²) in [5.41, 5.74) is -0.149. The van der Waals surface area contributed by atoms with Crippen LogP contribution in [0.4, 0.5) is 5.69 Å². The monoisotopic (exact) mass is 320 g/mol. The Morgan fingerprint density at radius 1 is 1.41 bits per heavy atom. The van der Waals surface area contributed by atoms with Gasteiger partial charge < -0.3 is 15.3 Å². The predicted octanol–water partition coefficient (Wildman–Crippen LogP) is 1.81. The van der Waals surface area contributed by atoms with Crippen molar-refractivity contribution in [1.82, 2.24) is 4.90 Å². The van der Waals surface area contributed by atoms with E-state index in [9.17, 15) is 19.5 Å². The fourth-order valence-corrected chi connectivity index (χ4v) is 3.67. The number of amides is 2. The van der Waals surface area contributed by atoms with Gasteiger partial charge in [0.05, 0.1) is 11.4 Å². The van der Waals surface area contributed by atoms with Crippen LogP contribution in [-0.2, 0) is 9.59 Å². The van der Waals surface area contributed by atoms with Crippen molar-refractivity contribution in [1.29, 1.82) is 0 Å². The first-order valence-electron chi connectivity index (χ1n) is 7.04. The zero-order valence-corrected chi connectivity index (χ0v) is 12.9. The fourth-order valence-electron chi connectivity index (χ4n) is 2.88.